The first-order valence-corrected chi connectivity index (χ1v) is 10.4. The zero-order valence-corrected chi connectivity index (χ0v) is 17.0. The average Bonchev–Trinajstić information content (AvgIpc) is 3.25. The van der Waals surface area contributed by atoms with Crippen LogP contribution < -0.4 is 10.1 Å². The summed E-state index contributed by atoms with van der Waals surface area (Å²) in [6.45, 7) is 6.26. The predicted octanol–water partition coefficient (Wildman–Crippen LogP) is 5.43. The van der Waals surface area contributed by atoms with Gasteiger partial charge in [-0.15, -0.1) is 0 Å². The molecule has 2 heterocycles. The van der Waals surface area contributed by atoms with Gasteiger partial charge in [0.1, 0.15) is 17.3 Å². The maximum Gasteiger partial charge on any atom is 0.260 e. The van der Waals surface area contributed by atoms with Crippen LogP contribution in [-0.4, -0.2) is 15.7 Å². The Morgan fingerprint density at radius 2 is 1.79 bits per heavy atom. The van der Waals surface area contributed by atoms with Crippen molar-refractivity contribution in [2.75, 3.05) is 5.32 Å². The van der Waals surface area contributed by atoms with Gasteiger partial charge in [0.05, 0.1) is 16.8 Å². The van der Waals surface area contributed by atoms with E-state index < -0.39 is 0 Å². The molecule has 0 saturated heterocycles. The van der Waals surface area contributed by atoms with Crippen LogP contribution in [0.15, 0.2) is 54.6 Å². The summed E-state index contributed by atoms with van der Waals surface area (Å²) in [4.78, 5) is 13.2. The van der Waals surface area contributed by atoms with Crippen LogP contribution in [-0.2, 0) is 17.0 Å². The molecule has 2 aromatic carbocycles. The number of hydrogen-bond acceptors (Lipinski definition) is 4. The van der Waals surface area contributed by atoms with Gasteiger partial charge in [-0.3, -0.25) is 4.79 Å². The number of fused-ring (bicyclic) bond motifs is 1. The molecule has 0 fully saturated rings. The standard InChI is InChI=1S/C22H23N3O2S/c1-22(2,3)25-20(17-13-28-14-18(17)24-25)23-21(26)16-11-7-8-12-19(16)27-15-9-5-4-6-10-15/h4-12H,13-14H2,1-3H3,(H,23,26). The second kappa shape index (κ2) is 7.36. The van der Waals surface area contributed by atoms with E-state index in [0.29, 0.717) is 17.1 Å². The number of rotatable bonds is 4. The fraction of sp³-hybridized carbons (Fsp3) is 0.273. The third kappa shape index (κ3) is 3.64. The van der Waals surface area contributed by atoms with Crippen LogP contribution >= 0.6 is 11.8 Å². The Morgan fingerprint density at radius 3 is 2.54 bits per heavy atom. The van der Waals surface area contributed by atoms with E-state index >= 15 is 0 Å². The molecule has 4 rings (SSSR count). The third-order valence-electron chi connectivity index (χ3n) is 4.52. The number of nitrogens with one attached hydrogen (secondary N) is 1. The molecule has 0 spiro atoms. The first-order valence-electron chi connectivity index (χ1n) is 9.26. The number of carbonyl (C=O) groups is 1. The molecular formula is C22H23N3O2S. The normalized spacial score (nSPS) is 13.2. The summed E-state index contributed by atoms with van der Waals surface area (Å²) in [5.74, 6) is 3.56. The van der Waals surface area contributed by atoms with Crippen molar-refractivity contribution in [2.45, 2.75) is 37.8 Å². The van der Waals surface area contributed by atoms with Gasteiger partial charge in [0.25, 0.3) is 5.91 Å². The van der Waals surface area contributed by atoms with Crippen molar-refractivity contribution in [1.29, 1.82) is 0 Å². The quantitative estimate of drug-likeness (QED) is 0.642. The molecule has 0 atom stereocenters. The van der Waals surface area contributed by atoms with Crippen molar-refractivity contribution >= 4 is 23.5 Å². The molecule has 1 aliphatic rings. The van der Waals surface area contributed by atoms with Crippen LogP contribution in [0.5, 0.6) is 11.5 Å². The first kappa shape index (κ1) is 18.6. The second-order valence-electron chi connectivity index (χ2n) is 7.71. The van der Waals surface area contributed by atoms with Gasteiger partial charge in [0, 0.05) is 17.1 Å². The Kier molecular flexibility index (Phi) is 4.89. The highest BCUT2D eigenvalue weighted by molar-refractivity contribution is 7.98. The Hall–Kier alpha value is -2.73. The molecule has 1 amide bonds. The highest BCUT2D eigenvalue weighted by atomic mass is 32.2. The monoisotopic (exact) mass is 393 g/mol. The first-order chi connectivity index (χ1) is 13.4. The van der Waals surface area contributed by atoms with Crippen molar-refractivity contribution in [3.8, 4) is 11.5 Å². The lowest BCUT2D eigenvalue weighted by atomic mass is 10.1. The number of thioether (sulfide) groups is 1. The fourth-order valence-corrected chi connectivity index (χ4v) is 4.20. The maximum atomic E-state index is 13.2. The van der Waals surface area contributed by atoms with Crippen molar-refractivity contribution in [2.24, 2.45) is 0 Å². The number of amides is 1. The zero-order valence-electron chi connectivity index (χ0n) is 16.2. The SMILES string of the molecule is CC(C)(C)n1nc2c(c1NC(=O)c1ccccc1Oc1ccccc1)CSC2. The van der Waals surface area contributed by atoms with Crippen molar-refractivity contribution in [3.05, 3.63) is 71.4 Å². The number of nitrogens with zero attached hydrogens (tertiary/aromatic N) is 2. The molecule has 3 aromatic rings. The van der Waals surface area contributed by atoms with E-state index in [1.807, 2.05) is 65.0 Å². The minimum Gasteiger partial charge on any atom is -0.457 e. The molecule has 0 aliphatic carbocycles. The lowest BCUT2D eigenvalue weighted by molar-refractivity contribution is 0.102. The van der Waals surface area contributed by atoms with E-state index in [1.165, 1.54) is 0 Å². The van der Waals surface area contributed by atoms with Crippen LogP contribution in [0.1, 0.15) is 42.4 Å². The number of carbonyl (C=O) groups excluding carboxylic acids is 1. The average molecular weight is 394 g/mol. The van der Waals surface area contributed by atoms with Gasteiger partial charge in [0.2, 0.25) is 0 Å². The summed E-state index contributed by atoms with van der Waals surface area (Å²) in [7, 11) is 0. The molecule has 0 radical (unpaired) electrons. The highest BCUT2D eigenvalue weighted by Crippen LogP contribution is 2.37. The number of anilines is 1. The maximum absolute atomic E-state index is 13.2. The molecule has 0 saturated carbocycles. The third-order valence-corrected chi connectivity index (χ3v) is 5.49. The van der Waals surface area contributed by atoms with Gasteiger partial charge < -0.3 is 10.1 Å². The molecule has 28 heavy (non-hydrogen) atoms. The Labute approximate surface area is 169 Å². The highest BCUT2D eigenvalue weighted by Gasteiger charge is 2.29. The number of benzene rings is 2. The largest absolute Gasteiger partial charge is 0.457 e. The second-order valence-corrected chi connectivity index (χ2v) is 8.70. The van der Waals surface area contributed by atoms with E-state index in [0.717, 1.165) is 28.6 Å². The zero-order chi connectivity index (χ0) is 19.7. The summed E-state index contributed by atoms with van der Waals surface area (Å²) in [5.41, 5.74) is 2.45. The molecule has 0 bridgehead atoms. The molecule has 0 unspecified atom stereocenters. The van der Waals surface area contributed by atoms with Crippen molar-refractivity contribution in [1.82, 2.24) is 9.78 Å². The van der Waals surface area contributed by atoms with Crippen molar-refractivity contribution in [3.63, 3.8) is 0 Å². The summed E-state index contributed by atoms with van der Waals surface area (Å²) in [5, 5.41) is 7.86. The van der Waals surface area contributed by atoms with E-state index in [1.54, 1.807) is 6.07 Å². The number of para-hydroxylation sites is 2. The predicted molar refractivity (Wildman–Crippen MR) is 113 cm³/mol. The van der Waals surface area contributed by atoms with Gasteiger partial charge >= 0.3 is 0 Å². The summed E-state index contributed by atoms with van der Waals surface area (Å²) in [6.07, 6.45) is 0. The molecule has 1 aromatic heterocycles. The number of aromatic nitrogens is 2. The van der Waals surface area contributed by atoms with Gasteiger partial charge in [-0.1, -0.05) is 30.3 Å². The molecule has 144 valence electrons. The van der Waals surface area contributed by atoms with Gasteiger partial charge in [-0.2, -0.15) is 16.9 Å². The molecule has 1 N–H and O–H groups in total. The van der Waals surface area contributed by atoms with E-state index in [4.69, 9.17) is 9.84 Å². The van der Waals surface area contributed by atoms with Gasteiger partial charge in [-0.25, -0.2) is 4.68 Å². The van der Waals surface area contributed by atoms with Crippen LogP contribution in [0.2, 0.25) is 0 Å². The molecule has 6 heteroatoms. The van der Waals surface area contributed by atoms with Crippen molar-refractivity contribution < 1.29 is 9.53 Å². The Balaban J connectivity index is 1.66. The number of ether oxygens (including phenoxy) is 1. The minimum absolute atomic E-state index is 0.198. The van der Waals surface area contributed by atoms with Gasteiger partial charge in [0.15, 0.2) is 0 Å². The van der Waals surface area contributed by atoms with E-state index in [9.17, 15) is 4.79 Å². The Bertz CT molecular complexity index is 1010. The minimum atomic E-state index is -0.225. The summed E-state index contributed by atoms with van der Waals surface area (Å²) < 4.78 is 7.88. The van der Waals surface area contributed by atoms with E-state index in [2.05, 4.69) is 26.1 Å². The summed E-state index contributed by atoms with van der Waals surface area (Å²) >= 11 is 1.82. The lowest BCUT2D eigenvalue weighted by Gasteiger charge is -2.23. The van der Waals surface area contributed by atoms with Crippen LogP contribution in [0, 0.1) is 0 Å². The molecule has 1 aliphatic heterocycles. The fourth-order valence-electron chi connectivity index (χ4n) is 3.16. The van der Waals surface area contributed by atoms with Crippen LogP contribution in [0.3, 0.4) is 0 Å². The molecular weight excluding hydrogens is 370 g/mol. The van der Waals surface area contributed by atoms with Crippen LogP contribution in [0.25, 0.3) is 0 Å². The summed E-state index contributed by atoms with van der Waals surface area (Å²) in [6, 6.07) is 16.8. The van der Waals surface area contributed by atoms with Crippen LogP contribution in [0.4, 0.5) is 5.82 Å². The Morgan fingerprint density at radius 1 is 1.07 bits per heavy atom. The van der Waals surface area contributed by atoms with Gasteiger partial charge in [-0.05, 0) is 45.0 Å². The lowest BCUT2D eigenvalue weighted by Crippen LogP contribution is -2.27. The van der Waals surface area contributed by atoms with E-state index in [-0.39, 0.29) is 11.4 Å². The molecule has 5 nitrogen and oxygen atoms in total. The topological polar surface area (TPSA) is 56.2 Å². The number of hydrogen-bond donors (Lipinski definition) is 1. The smallest absolute Gasteiger partial charge is 0.260 e.